The van der Waals surface area contributed by atoms with E-state index in [4.69, 9.17) is 26.1 Å². The van der Waals surface area contributed by atoms with E-state index in [-0.39, 0.29) is 5.91 Å². The zero-order valence-electron chi connectivity index (χ0n) is 21.3. The van der Waals surface area contributed by atoms with Crippen molar-refractivity contribution < 1.29 is 14.3 Å². The summed E-state index contributed by atoms with van der Waals surface area (Å²) < 4.78 is 13.5. The number of hydrogen-bond donors (Lipinski definition) is 1. The van der Waals surface area contributed by atoms with Crippen LogP contribution in [0, 0.1) is 0 Å². The normalized spacial score (nSPS) is 11.0. The van der Waals surface area contributed by atoms with Crippen molar-refractivity contribution in [3.63, 3.8) is 0 Å². The summed E-state index contributed by atoms with van der Waals surface area (Å²) in [5, 5.41) is 3.44. The van der Waals surface area contributed by atoms with Crippen molar-refractivity contribution in [2.24, 2.45) is 0 Å². The average Bonchev–Trinajstić information content (AvgIpc) is 3.28. The second-order valence-electron chi connectivity index (χ2n) is 8.95. The molecule has 0 saturated heterocycles. The molecule has 0 aliphatic heterocycles. The van der Waals surface area contributed by atoms with E-state index in [2.05, 4.69) is 28.1 Å². The number of imidazole rings is 1. The Morgan fingerprint density at radius 3 is 2.59 bits per heavy atom. The summed E-state index contributed by atoms with van der Waals surface area (Å²) in [7, 11) is 1.66. The molecule has 0 aliphatic carbocycles. The number of halogens is 1. The van der Waals surface area contributed by atoms with Crippen LogP contribution in [0.3, 0.4) is 0 Å². The van der Waals surface area contributed by atoms with Gasteiger partial charge in [-0.25, -0.2) is 4.98 Å². The SMILES string of the molecule is COc1cccc(OCCCCn2c(CCCCCNC(=O)c3ccccc3Cl)nc3ccccc32)c1. The number of para-hydroxylation sites is 2. The summed E-state index contributed by atoms with van der Waals surface area (Å²) in [6, 6.07) is 23.1. The molecule has 37 heavy (non-hydrogen) atoms. The molecule has 1 N–H and O–H groups in total. The van der Waals surface area contributed by atoms with Crippen LogP contribution in [-0.4, -0.2) is 35.7 Å². The fourth-order valence-electron chi connectivity index (χ4n) is 4.35. The fourth-order valence-corrected chi connectivity index (χ4v) is 4.57. The molecule has 4 rings (SSSR count). The predicted molar refractivity (Wildman–Crippen MR) is 149 cm³/mol. The highest BCUT2D eigenvalue weighted by Gasteiger charge is 2.11. The first-order valence-electron chi connectivity index (χ1n) is 12.9. The number of methoxy groups -OCH3 is 1. The summed E-state index contributed by atoms with van der Waals surface area (Å²) in [6.07, 6.45) is 5.82. The molecular weight excluding hydrogens is 486 g/mol. The van der Waals surface area contributed by atoms with Crippen molar-refractivity contribution in [1.82, 2.24) is 14.9 Å². The van der Waals surface area contributed by atoms with Crippen LogP contribution in [-0.2, 0) is 13.0 Å². The maximum Gasteiger partial charge on any atom is 0.252 e. The molecule has 1 aromatic heterocycles. The Hall–Kier alpha value is -3.51. The standard InChI is InChI=1S/C30H34ClN3O3/c1-36-23-12-11-13-24(22-23)37-21-10-9-20-34-28-17-7-6-16-27(28)33-29(34)18-3-2-8-19-32-30(35)25-14-4-5-15-26(25)31/h4-7,11-17,22H,2-3,8-10,18-21H2,1H3,(H,32,35). The van der Waals surface area contributed by atoms with Crippen LogP contribution in [0.1, 0.15) is 48.3 Å². The Morgan fingerprint density at radius 2 is 1.73 bits per heavy atom. The number of nitrogens with zero attached hydrogens (tertiary/aromatic N) is 2. The monoisotopic (exact) mass is 519 g/mol. The number of fused-ring (bicyclic) bond motifs is 1. The second kappa shape index (κ2) is 13.7. The number of benzene rings is 3. The minimum atomic E-state index is -0.122. The van der Waals surface area contributed by atoms with E-state index in [1.54, 1.807) is 19.2 Å². The number of rotatable bonds is 14. The zero-order chi connectivity index (χ0) is 25.9. The van der Waals surface area contributed by atoms with Crippen LogP contribution >= 0.6 is 11.6 Å². The highest BCUT2D eigenvalue weighted by Crippen LogP contribution is 2.21. The van der Waals surface area contributed by atoms with Gasteiger partial charge in [0.25, 0.3) is 5.91 Å². The zero-order valence-corrected chi connectivity index (χ0v) is 22.0. The molecule has 0 aliphatic rings. The van der Waals surface area contributed by atoms with E-state index in [1.165, 1.54) is 5.52 Å². The lowest BCUT2D eigenvalue weighted by atomic mass is 10.1. The van der Waals surface area contributed by atoms with Gasteiger partial charge in [-0.3, -0.25) is 4.79 Å². The van der Waals surface area contributed by atoms with E-state index in [9.17, 15) is 4.79 Å². The lowest BCUT2D eigenvalue weighted by molar-refractivity contribution is 0.0953. The predicted octanol–water partition coefficient (Wildman–Crippen LogP) is 6.70. The van der Waals surface area contributed by atoms with Crippen molar-refractivity contribution in [3.8, 4) is 11.5 Å². The molecular formula is C30H34ClN3O3. The smallest absolute Gasteiger partial charge is 0.252 e. The number of ether oxygens (including phenoxy) is 2. The van der Waals surface area contributed by atoms with Crippen LogP contribution < -0.4 is 14.8 Å². The van der Waals surface area contributed by atoms with E-state index in [0.717, 1.165) is 67.9 Å². The molecule has 4 aromatic rings. The second-order valence-corrected chi connectivity index (χ2v) is 9.36. The molecule has 1 amide bonds. The Balaban J connectivity index is 1.22. The average molecular weight is 520 g/mol. The molecule has 0 bridgehead atoms. The van der Waals surface area contributed by atoms with Gasteiger partial charge in [-0.05, 0) is 62.1 Å². The van der Waals surface area contributed by atoms with Crippen molar-refractivity contribution in [1.29, 1.82) is 0 Å². The van der Waals surface area contributed by atoms with Gasteiger partial charge in [-0.1, -0.05) is 48.4 Å². The highest BCUT2D eigenvalue weighted by atomic mass is 35.5. The van der Waals surface area contributed by atoms with Crippen molar-refractivity contribution in [3.05, 3.63) is 89.2 Å². The van der Waals surface area contributed by atoms with Crippen molar-refractivity contribution in [2.75, 3.05) is 20.3 Å². The Bertz CT molecular complexity index is 1300. The highest BCUT2D eigenvalue weighted by molar-refractivity contribution is 6.33. The molecule has 0 saturated carbocycles. The molecule has 7 heteroatoms. The van der Waals surface area contributed by atoms with E-state index in [1.807, 2.05) is 42.5 Å². The number of nitrogens with one attached hydrogen (secondary N) is 1. The van der Waals surface area contributed by atoms with Gasteiger partial charge in [-0.15, -0.1) is 0 Å². The lowest BCUT2D eigenvalue weighted by Gasteiger charge is -2.11. The first-order valence-corrected chi connectivity index (χ1v) is 13.3. The number of aryl methyl sites for hydroxylation is 2. The maximum absolute atomic E-state index is 12.3. The molecule has 194 valence electrons. The third kappa shape index (κ3) is 7.49. The first kappa shape index (κ1) is 26.6. The first-order chi connectivity index (χ1) is 18.2. The van der Waals surface area contributed by atoms with Gasteiger partial charge in [0.05, 0.1) is 35.3 Å². The number of carbonyl (C=O) groups is 1. The summed E-state index contributed by atoms with van der Waals surface area (Å²) in [4.78, 5) is 17.2. The van der Waals surface area contributed by atoms with Gasteiger partial charge in [0.15, 0.2) is 0 Å². The Labute approximate surface area is 223 Å². The Morgan fingerprint density at radius 1 is 0.919 bits per heavy atom. The van der Waals surface area contributed by atoms with E-state index in [0.29, 0.717) is 23.7 Å². The number of unbranched alkanes of at least 4 members (excludes halogenated alkanes) is 3. The molecule has 0 fully saturated rings. The molecule has 0 spiro atoms. The largest absolute Gasteiger partial charge is 0.497 e. The van der Waals surface area contributed by atoms with Crippen LogP contribution in [0.25, 0.3) is 11.0 Å². The summed E-state index contributed by atoms with van der Waals surface area (Å²) in [5.74, 6) is 2.63. The van der Waals surface area contributed by atoms with E-state index < -0.39 is 0 Å². The quantitative estimate of drug-likeness (QED) is 0.188. The lowest BCUT2D eigenvalue weighted by Crippen LogP contribution is -2.24. The molecule has 6 nitrogen and oxygen atoms in total. The summed E-state index contributed by atoms with van der Waals surface area (Å²) in [5.41, 5.74) is 2.74. The minimum Gasteiger partial charge on any atom is -0.497 e. The summed E-state index contributed by atoms with van der Waals surface area (Å²) in [6.45, 7) is 2.20. The molecule has 0 radical (unpaired) electrons. The minimum absolute atomic E-state index is 0.122. The van der Waals surface area contributed by atoms with Gasteiger partial charge < -0.3 is 19.4 Å². The molecule has 0 atom stereocenters. The number of aromatic nitrogens is 2. The van der Waals surface area contributed by atoms with Crippen molar-refractivity contribution >= 4 is 28.5 Å². The van der Waals surface area contributed by atoms with E-state index >= 15 is 0 Å². The van der Waals surface area contributed by atoms with Crippen LogP contribution in [0.15, 0.2) is 72.8 Å². The number of hydrogen-bond acceptors (Lipinski definition) is 4. The van der Waals surface area contributed by atoms with Crippen LogP contribution in [0.2, 0.25) is 5.02 Å². The fraction of sp³-hybridized carbons (Fsp3) is 0.333. The van der Waals surface area contributed by atoms with Gasteiger partial charge in [0.2, 0.25) is 0 Å². The van der Waals surface area contributed by atoms with Crippen LogP contribution in [0.4, 0.5) is 0 Å². The number of carbonyl (C=O) groups excluding carboxylic acids is 1. The number of amides is 1. The topological polar surface area (TPSA) is 65.4 Å². The molecule has 1 heterocycles. The van der Waals surface area contributed by atoms with Gasteiger partial charge >= 0.3 is 0 Å². The third-order valence-corrected chi connectivity index (χ3v) is 6.63. The van der Waals surface area contributed by atoms with Crippen LogP contribution in [0.5, 0.6) is 11.5 Å². The maximum atomic E-state index is 12.3. The molecule has 0 unspecified atom stereocenters. The Kier molecular flexibility index (Phi) is 9.83. The molecule has 3 aromatic carbocycles. The van der Waals surface area contributed by atoms with Gasteiger partial charge in [0.1, 0.15) is 17.3 Å². The summed E-state index contributed by atoms with van der Waals surface area (Å²) >= 11 is 6.11. The van der Waals surface area contributed by atoms with Gasteiger partial charge in [0, 0.05) is 25.6 Å². The third-order valence-electron chi connectivity index (χ3n) is 6.30. The van der Waals surface area contributed by atoms with Gasteiger partial charge in [-0.2, -0.15) is 0 Å². The van der Waals surface area contributed by atoms with Crippen molar-refractivity contribution in [2.45, 2.75) is 45.1 Å².